The fraction of sp³-hybridized carbons (Fsp3) is 0.400. The minimum atomic E-state index is 0.429. The van der Waals surface area contributed by atoms with Crippen LogP contribution in [-0.2, 0) is 0 Å². The lowest BCUT2D eigenvalue weighted by Crippen LogP contribution is -2.08. The molecular formula is C15H20N2. The third kappa shape index (κ3) is 2.96. The van der Waals surface area contributed by atoms with Gasteiger partial charge in [0.2, 0.25) is 0 Å². The quantitative estimate of drug-likeness (QED) is 0.757. The van der Waals surface area contributed by atoms with Crippen molar-refractivity contribution < 1.29 is 0 Å². The summed E-state index contributed by atoms with van der Waals surface area (Å²) in [4.78, 5) is 4.16. The largest absolute Gasteiger partial charge is 0.330 e. The highest BCUT2D eigenvalue weighted by Crippen LogP contribution is 2.24. The summed E-state index contributed by atoms with van der Waals surface area (Å²) in [5.41, 5.74) is 2.69. The normalized spacial score (nSPS) is 12.6. The highest BCUT2D eigenvalue weighted by Gasteiger charge is 2.12. The summed E-state index contributed by atoms with van der Waals surface area (Å²) in [5, 5.41) is 0. The van der Waals surface area contributed by atoms with Crippen LogP contribution in [0.1, 0.15) is 43.4 Å². The fourth-order valence-corrected chi connectivity index (χ4v) is 2.13. The maximum atomic E-state index is 4.16. The molecule has 0 fully saturated rings. The van der Waals surface area contributed by atoms with E-state index in [9.17, 15) is 0 Å². The zero-order valence-corrected chi connectivity index (χ0v) is 10.6. The van der Waals surface area contributed by atoms with E-state index >= 15 is 0 Å². The van der Waals surface area contributed by atoms with Crippen LogP contribution < -0.4 is 0 Å². The second-order valence-corrected chi connectivity index (χ2v) is 4.58. The molecule has 0 bridgehead atoms. The summed E-state index contributed by atoms with van der Waals surface area (Å²) in [6, 6.07) is 9.26. The van der Waals surface area contributed by atoms with Gasteiger partial charge < -0.3 is 4.57 Å². The van der Waals surface area contributed by atoms with Crippen molar-refractivity contribution in [2.75, 3.05) is 0 Å². The van der Waals surface area contributed by atoms with E-state index in [2.05, 4.69) is 53.9 Å². The van der Waals surface area contributed by atoms with Gasteiger partial charge in [-0.25, -0.2) is 4.98 Å². The van der Waals surface area contributed by atoms with Crippen LogP contribution in [0.3, 0.4) is 0 Å². The van der Waals surface area contributed by atoms with Crippen LogP contribution in [0, 0.1) is 6.92 Å². The molecule has 90 valence electrons. The minimum Gasteiger partial charge on any atom is -0.330 e. The Labute approximate surface area is 103 Å². The highest BCUT2D eigenvalue weighted by atomic mass is 15.0. The van der Waals surface area contributed by atoms with E-state index in [1.165, 1.54) is 30.4 Å². The first-order valence-electron chi connectivity index (χ1n) is 6.35. The first-order chi connectivity index (χ1) is 8.31. The van der Waals surface area contributed by atoms with Gasteiger partial charge in [0, 0.05) is 12.4 Å². The zero-order valence-electron chi connectivity index (χ0n) is 10.6. The summed E-state index contributed by atoms with van der Waals surface area (Å²) < 4.78 is 2.21. The van der Waals surface area contributed by atoms with Gasteiger partial charge in [0.1, 0.15) is 0 Å². The van der Waals surface area contributed by atoms with Crippen molar-refractivity contribution in [1.82, 2.24) is 9.55 Å². The molecule has 2 rings (SSSR count). The number of rotatable bonds is 5. The molecule has 0 aliphatic rings. The zero-order chi connectivity index (χ0) is 12.1. The van der Waals surface area contributed by atoms with Gasteiger partial charge in [-0.3, -0.25) is 0 Å². The van der Waals surface area contributed by atoms with E-state index in [0.29, 0.717) is 6.04 Å². The topological polar surface area (TPSA) is 17.8 Å². The molecule has 0 N–H and O–H groups in total. The van der Waals surface area contributed by atoms with Gasteiger partial charge in [0.05, 0.1) is 12.4 Å². The summed E-state index contributed by atoms with van der Waals surface area (Å²) in [6.07, 6.45) is 9.48. The van der Waals surface area contributed by atoms with Crippen molar-refractivity contribution in [3.8, 4) is 0 Å². The molecule has 2 nitrogen and oxygen atoms in total. The molecule has 2 heteroatoms. The SMILES string of the molecule is CCCCC(c1ccc(C)cc1)n1ccnc1. The number of imidazole rings is 1. The molecular weight excluding hydrogens is 208 g/mol. The Morgan fingerprint density at radius 1 is 1.24 bits per heavy atom. The van der Waals surface area contributed by atoms with Gasteiger partial charge >= 0.3 is 0 Å². The second kappa shape index (κ2) is 5.67. The number of hydrogen-bond donors (Lipinski definition) is 0. The van der Waals surface area contributed by atoms with E-state index in [-0.39, 0.29) is 0 Å². The van der Waals surface area contributed by atoms with Crippen LogP contribution in [0.4, 0.5) is 0 Å². The lowest BCUT2D eigenvalue weighted by atomic mass is 10.00. The van der Waals surface area contributed by atoms with Crippen molar-refractivity contribution in [1.29, 1.82) is 0 Å². The Bertz CT molecular complexity index is 428. The average molecular weight is 228 g/mol. The smallest absolute Gasteiger partial charge is 0.0951 e. The molecule has 0 radical (unpaired) electrons. The van der Waals surface area contributed by atoms with Gasteiger partial charge in [0.15, 0.2) is 0 Å². The van der Waals surface area contributed by atoms with Crippen molar-refractivity contribution in [3.05, 3.63) is 54.1 Å². The fourth-order valence-electron chi connectivity index (χ4n) is 2.13. The molecule has 0 saturated carbocycles. The molecule has 0 aliphatic carbocycles. The second-order valence-electron chi connectivity index (χ2n) is 4.58. The molecule has 0 spiro atoms. The standard InChI is InChI=1S/C15H20N2/c1-3-4-5-15(17-11-10-16-12-17)14-8-6-13(2)7-9-14/h6-12,15H,3-5H2,1-2H3. The number of benzene rings is 1. The van der Waals surface area contributed by atoms with E-state index in [0.717, 1.165) is 0 Å². The maximum Gasteiger partial charge on any atom is 0.0951 e. The first-order valence-corrected chi connectivity index (χ1v) is 6.35. The minimum absolute atomic E-state index is 0.429. The number of unbranched alkanes of at least 4 members (excludes halogenated alkanes) is 1. The summed E-state index contributed by atoms with van der Waals surface area (Å²) in [5.74, 6) is 0. The van der Waals surface area contributed by atoms with Crippen molar-refractivity contribution >= 4 is 0 Å². The number of aromatic nitrogens is 2. The molecule has 1 aromatic carbocycles. The molecule has 1 heterocycles. The van der Waals surface area contributed by atoms with Crippen LogP contribution in [0.2, 0.25) is 0 Å². The van der Waals surface area contributed by atoms with Crippen molar-refractivity contribution in [2.45, 2.75) is 39.2 Å². The Morgan fingerprint density at radius 2 is 2.00 bits per heavy atom. The Hall–Kier alpha value is -1.57. The van der Waals surface area contributed by atoms with E-state index in [1.54, 1.807) is 0 Å². The van der Waals surface area contributed by atoms with E-state index in [1.807, 2.05) is 12.5 Å². The van der Waals surface area contributed by atoms with Crippen molar-refractivity contribution in [2.24, 2.45) is 0 Å². The van der Waals surface area contributed by atoms with Crippen LogP contribution in [0.15, 0.2) is 43.0 Å². The van der Waals surface area contributed by atoms with E-state index < -0.39 is 0 Å². The van der Waals surface area contributed by atoms with Crippen LogP contribution in [0.5, 0.6) is 0 Å². The van der Waals surface area contributed by atoms with Gasteiger partial charge in [-0.15, -0.1) is 0 Å². The van der Waals surface area contributed by atoms with E-state index in [4.69, 9.17) is 0 Å². The Balaban J connectivity index is 2.23. The predicted molar refractivity (Wildman–Crippen MR) is 71.1 cm³/mol. The molecule has 17 heavy (non-hydrogen) atoms. The molecule has 0 saturated heterocycles. The lowest BCUT2D eigenvalue weighted by molar-refractivity contribution is 0.515. The summed E-state index contributed by atoms with van der Waals surface area (Å²) in [7, 11) is 0. The van der Waals surface area contributed by atoms with Gasteiger partial charge in [-0.05, 0) is 18.9 Å². The maximum absolute atomic E-state index is 4.16. The molecule has 1 unspecified atom stereocenters. The molecule has 0 amide bonds. The molecule has 1 atom stereocenters. The molecule has 1 aromatic heterocycles. The Morgan fingerprint density at radius 3 is 2.59 bits per heavy atom. The van der Waals surface area contributed by atoms with Gasteiger partial charge in [-0.2, -0.15) is 0 Å². The number of hydrogen-bond acceptors (Lipinski definition) is 1. The molecule has 2 aromatic rings. The van der Waals surface area contributed by atoms with Gasteiger partial charge in [0.25, 0.3) is 0 Å². The summed E-state index contributed by atoms with van der Waals surface area (Å²) in [6.45, 7) is 4.36. The van der Waals surface area contributed by atoms with Crippen LogP contribution >= 0.6 is 0 Å². The highest BCUT2D eigenvalue weighted by molar-refractivity contribution is 5.24. The first kappa shape index (κ1) is 11.9. The third-order valence-electron chi connectivity index (χ3n) is 3.18. The predicted octanol–water partition coefficient (Wildman–Crippen LogP) is 3.97. The number of nitrogens with zero attached hydrogens (tertiary/aromatic N) is 2. The van der Waals surface area contributed by atoms with Gasteiger partial charge in [-0.1, -0.05) is 49.6 Å². The lowest BCUT2D eigenvalue weighted by Gasteiger charge is -2.19. The van der Waals surface area contributed by atoms with Crippen molar-refractivity contribution in [3.63, 3.8) is 0 Å². The van der Waals surface area contributed by atoms with Crippen LogP contribution in [-0.4, -0.2) is 9.55 Å². The molecule has 0 aliphatic heterocycles. The average Bonchev–Trinajstić information content (AvgIpc) is 2.85. The third-order valence-corrected chi connectivity index (χ3v) is 3.18. The monoisotopic (exact) mass is 228 g/mol. The summed E-state index contributed by atoms with van der Waals surface area (Å²) >= 11 is 0. The number of aryl methyl sites for hydroxylation is 1. The van der Waals surface area contributed by atoms with Crippen LogP contribution in [0.25, 0.3) is 0 Å². The Kier molecular flexibility index (Phi) is 3.97.